The molecule has 1 N–H and O–H groups in total. The first-order valence-electron chi connectivity index (χ1n) is 12.3. The topological polar surface area (TPSA) is 66.5 Å². The van der Waals surface area contributed by atoms with Gasteiger partial charge in [-0.2, -0.15) is 13.2 Å². The van der Waals surface area contributed by atoms with Crippen molar-refractivity contribution < 1.29 is 35.2 Å². The fraction of sp³-hybridized carbons (Fsp3) is 0.321. The highest BCUT2D eigenvalue weighted by molar-refractivity contribution is 7.91. The number of anilines is 1. The van der Waals surface area contributed by atoms with Crippen molar-refractivity contribution >= 4 is 21.4 Å². The van der Waals surface area contributed by atoms with E-state index in [-0.39, 0.29) is 42.0 Å². The third kappa shape index (κ3) is 6.58. The molecule has 1 fully saturated rings. The van der Waals surface area contributed by atoms with E-state index in [4.69, 9.17) is 0 Å². The molecule has 0 aliphatic carbocycles. The molecule has 1 heterocycles. The monoisotopic (exact) mass is 566 g/mol. The highest BCUT2D eigenvalue weighted by atomic mass is 32.2. The zero-order valence-corrected chi connectivity index (χ0v) is 21.8. The first kappa shape index (κ1) is 28.5. The predicted octanol–water partition coefficient (Wildman–Crippen LogP) is 6.06. The molecule has 208 valence electrons. The molecule has 4 rings (SSSR count). The van der Waals surface area contributed by atoms with E-state index in [1.54, 1.807) is 31.2 Å². The highest BCUT2D eigenvalue weighted by Gasteiger charge is 2.39. The Morgan fingerprint density at radius 3 is 2.13 bits per heavy atom. The van der Waals surface area contributed by atoms with Crippen LogP contribution in [0.3, 0.4) is 0 Å². The molecule has 0 aromatic heterocycles. The molecule has 1 aliphatic heterocycles. The van der Waals surface area contributed by atoms with E-state index >= 15 is 0 Å². The molecule has 11 heteroatoms. The zero-order chi connectivity index (χ0) is 28.4. The second kappa shape index (κ2) is 11.3. The fourth-order valence-electron chi connectivity index (χ4n) is 4.66. The number of sulfone groups is 1. The first-order chi connectivity index (χ1) is 18.4. The summed E-state index contributed by atoms with van der Waals surface area (Å²) in [5, 5.41) is 2.75. The third-order valence-corrected chi connectivity index (χ3v) is 8.67. The van der Waals surface area contributed by atoms with Crippen molar-refractivity contribution in [1.29, 1.82) is 0 Å². The van der Waals surface area contributed by atoms with Crippen molar-refractivity contribution in [3.8, 4) is 0 Å². The van der Waals surface area contributed by atoms with Gasteiger partial charge in [0, 0.05) is 30.3 Å². The van der Waals surface area contributed by atoms with E-state index in [2.05, 4.69) is 5.32 Å². The minimum absolute atomic E-state index is 0.00964. The molecule has 0 spiro atoms. The Morgan fingerprint density at radius 1 is 0.974 bits per heavy atom. The van der Waals surface area contributed by atoms with E-state index in [1.165, 1.54) is 41.3 Å². The standard InChI is InChI=1S/C28H27F5N2O3S/c1-2-39(37,38)24-13-3-18(4-14-24)16-34-27(36)20-7-11-23(12-8-20)35-17-21(15-25(35)26(29)30)19-5-9-22(10-6-19)28(31,32)33/h3-14,21,25-26H,2,15-17H2,1H3,(H,34,36)/t21?,25-/m0/s1. The minimum Gasteiger partial charge on any atom is -0.362 e. The summed E-state index contributed by atoms with van der Waals surface area (Å²) in [7, 11) is -3.32. The van der Waals surface area contributed by atoms with Crippen molar-refractivity contribution in [3.05, 3.63) is 95.1 Å². The Bertz CT molecular complexity index is 1390. The van der Waals surface area contributed by atoms with Crippen LogP contribution in [0.4, 0.5) is 27.6 Å². The van der Waals surface area contributed by atoms with Crippen molar-refractivity contribution in [1.82, 2.24) is 5.32 Å². The molecule has 39 heavy (non-hydrogen) atoms. The van der Waals surface area contributed by atoms with Crippen LogP contribution in [0, 0.1) is 0 Å². The summed E-state index contributed by atoms with van der Waals surface area (Å²) in [6.07, 6.45) is -7.04. The number of carbonyl (C=O) groups excluding carboxylic acids is 1. The fourth-order valence-corrected chi connectivity index (χ4v) is 5.54. The molecule has 0 saturated carbocycles. The maximum absolute atomic E-state index is 13.9. The van der Waals surface area contributed by atoms with Crippen molar-refractivity contribution in [2.45, 2.75) is 49.3 Å². The van der Waals surface area contributed by atoms with E-state index in [9.17, 15) is 35.2 Å². The van der Waals surface area contributed by atoms with Gasteiger partial charge in [-0.25, -0.2) is 17.2 Å². The Balaban J connectivity index is 1.41. The average Bonchev–Trinajstić information content (AvgIpc) is 3.38. The summed E-state index contributed by atoms with van der Waals surface area (Å²) in [4.78, 5) is 14.3. The van der Waals surface area contributed by atoms with Gasteiger partial charge in [0.2, 0.25) is 0 Å². The lowest BCUT2D eigenvalue weighted by molar-refractivity contribution is -0.137. The Labute approximate surface area is 223 Å². The largest absolute Gasteiger partial charge is 0.416 e. The number of benzene rings is 3. The van der Waals surface area contributed by atoms with E-state index in [0.29, 0.717) is 22.4 Å². The van der Waals surface area contributed by atoms with E-state index in [0.717, 1.165) is 12.1 Å². The summed E-state index contributed by atoms with van der Waals surface area (Å²) >= 11 is 0. The lowest BCUT2D eigenvalue weighted by atomic mass is 9.95. The van der Waals surface area contributed by atoms with Gasteiger partial charge in [0.05, 0.1) is 22.3 Å². The second-order valence-corrected chi connectivity index (χ2v) is 11.7. The van der Waals surface area contributed by atoms with Gasteiger partial charge < -0.3 is 10.2 Å². The molecule has 1 amide bonds. The van der Waals surface area contributed by atoms with Gasteiger partial charge >= 0.3 is 6.18 Å². The van der Waals surface area contributed by atoms with Gasteiger partial charge in [0.1, 0.15) is 0 Å². The van der Waals surface area contributed by atoms with Crippen LogP contribution in [-0.4, -0.2) is 39.1 Å². The molecule has 0 bridgehead atoms. The van der Waals surface area contributed by atoms with Gasteiger partial charge in [-0.15, -0.1) is 0 Å². The molecule has 3 aromatic rings. The molecule has 1 saturated heterocycles. The molecule has 1 aliphatic rings. The molecule has 1 unspecified atom stereocenters. The summed E-state index contributed by atoms with van der Waals surface area (Å²) in [6, 6.07) is 15.9. The number of amides is 1. The Kier molecular flexibility index (Phi) is 8.29. The van der Waals surface area contributed by atoms with Crippen LogP contribution in [0.15, 0.2) is 77.7 Å². The maximum atomic E-state index is 13.9. The van der Waals surface area contributed by atoms with Crippen molar-refractivity contribution in [3.63, 3.8) is 0 Å². The van der Waals surface area contributed by atoms with E-state index in [1.807, 2.05) is 0 Å². The van der Waals surface area contributed by atoms with Crippen LogP contribution >= 0.6 is 0 Å². The van der Waals surface area contributed by atoms with Crippen LogP contribution in [0.2, 0.25) is 0 Å². The summed E-state index contributed by atoms with van der Waals surface area (Å²) in [5.74, 6) is -0.765. The number of nitrogens with one attached hydrogen (secondary N) is 1. The highest BCUT2D eigenvalue weighted by Crippen LogP contribution is 2.38. The smallest absolute Gasteiger partial charge is 0.362 e. The summed E-state index contributed by atoms with van der Waals surface area (Å²) in [6.45, 7) is 1.93. The van der Waals surface area contributed by atoms with E-state index < -0.39 is 34.0 Å². The van der Waals surface area contributed by atoms with Gasteiger partial charge in [0.15, 0.2) is 9.84 Å². The lowest BCUT2D eigenvalue weighted by Gasteiger charge is -2.26. The second-order valence-electron chi connectivity index (χ2n) is 9.38. The number of hydrogen-bond donors (Lipinski definition) is 1. The number of rotatable bonds is 8. The predicted molar refractivity (Wildman–Crippen MR) is 138 cm³/mol. The van der Waals surface area contributed by atoms with Crippen LogP contribution in [0.1, 0.15) is 46.3 Å². The Morgan fingerprint density at radius 2 is 1.59 bits per heavy atom. The molecule has 0 radical (unpaired) electrons. The van der Waals surface area contributed by atoms with Crippen molar-refractivity contribution in [2.24, 2.45) is 0 Å². The van der Waals surface area contributed by atoms with Crippen LogP contribution < -0.4 is 10.2 Å². The lowest BCUT2D eigenvalue weighted by Crippen LogP contribution is -2.35. The SMILES string of the molecule is CCS(=O)(=O)c1ccc(CNC(=O)c2ccc(N3CC(c4ccc(C(F)(F)F)cc4)C[C@H]3C(F)F)cc2)cc1. The van der Waals surface area contributed by atoms with Crippen LogP contribution in [-0.2, 0) is 22.6 Å². The number of nitrogens with zero attached hydrogens (tertiary/aromatic N) is 1. The summed E-state index contributed by atoms with van der Waals surface area (Å²) in [5.41, 5.74) is 1.28. The van der Waals surface area contributed by atoms with Gasteiger partial charge in [-0.1, -0.05) is 31.2 Å². The minimum atomic E-state index is -4.47. The van der Waals surface area contributed by atoms with Gasteiger partial charge in [-0.3, -0.25) is 4.79 Å². The molecule has 2 atom stereocenters. The normalized spacial score (nSPS) is 18.0. The number of hydrogen-bond acceptors (Lipinski definition) is 4. The maximum Gasteiger partial charge on any atom is 0.416 e. The molecule has 3 aromatic carbocycles. The van der Waals surface area contributed by atoms with Crippen LogP contribution in [0.25, 0.3) is 0 Å². The molecule has 5 nitrogen and oxygen atoms in total. The average molecular weight is 567 g/mol. The molecular weight excluding hydrogens is 539 g/mol. The third-order valence-electron chi connectivity index (χ3n) is 6.92. The Hall–Kier alpha value is -3.47. The quantitative estimate of drug-likeness (QED) is 0.337. The molecular formula is C28H27F5N2O3S. The first-order valence-corrected chi connectivity index (χ1v) is 14.0. The van der Waals surface area contributed by atoms with Crippen LogP contribution in [0.5, 0.6) is 0 Å². The van der Waals surface area contributed by atoms with Gasteiger partial charge in [-0.05, 0) is 66.1 Å². The number of carbonyl (C=O) groups is 1. The number of alkyl halides is 5. The summed E-state index contributed by atoms with van der Waals surface area (Å²) < 4.78 is 90.3. The van der Waals surface area contributed by atoms with Gasteiger partial charge in [0.25, 0.3) is 12.3 Å². The van der Waals surface area contributed by atoms with Crippen molar-refractivity contribution in [2.75, 3.05) is 17.2 Å². The number of halogens is 5. The zero-order valence-electron chi connectivity index (χ0n) is 21.0.